The average Bonchev–Trinajstić information content (AvgIpc) is 2.20. The zero-order chi connectivity index (χ0) is 10.8. The molecule has 15 heavy (non-hydrogen) atoms. The molecule has 0 unspecified atom stereocenters. The van der Waals surface area contributed by atoms with Crippen molar-refractivity contribution in [1.82, 2.24) is 9.97 Å². The Kier molecular flexibility index (Phi) is 2.70. The Balaban J connectivity index is 2.67. The Morgan fingerprint density at radius 1 is 1.53 bits per heavy atom. The minimum atomic E-state index is -0.199. The number of ether oxygens (including phenoxy) is 1. The molecule has 0 radical (unpaired) electrons. The number of aromatic amines is 1. The molecular formula is C10H9ClN2O2. The van der Waals surface area contributed by atoms with Gasteiger partial charge in [0.25, 0.3) is 5.56 Å². The van der Waals surface area contributed by atoms with E-state index in [9.17, 15) is 4.79 Å². The number of aromatic nitrogens is 2. The zero-order valence-electron chi connectivity index (χ0n) is 8.08. The van der Waals surface area contributed by atoms with Crippen LogP contribution in [0, 0.1) is 0 Å². The molecule has 0 bridgehead atoms. The lowest BCUT2D eigenvalue weighted by Crippen LogP contribution is -2.12. The number of methoxy groups -OCH3 is 1. The van der Waals surface area contributed by atoms with Crippen molar-refractivity contribution >= 4 is 22.5 Å². The van der Waals surface area contributed by atoms with Crippen molar-refractivity contribution in [2.24, 2.45) is 0 Å². The van der Waals surface area contributed by atoms with Gasteiger partial charge in [-0.15, -0.1) is 0 Å². The van der Waals surface area contributed by atoms with E-state index in [0.717, 1.165) is 0 Å². The predicted octanol–water partition coefficient (Wildman–Crippen LogP) is 1.72. The number of nitrogens with zero attached hydrogens (tertiary/aromatic N) is 1. The molecule has 1 N–H and O–H groups in total. The summed E-state index contributed by atoms with van der Waals surface area (Å²) in [5, 5.41) is 1.01. The lowest BCUT2D eigenvalue weighted by molar-refractivity contribution is 0.178. The normalized spacial score (nSPS) is 10.8. The van der Waals surface area contributed by atoms with Gasteiger partial charge in [-0.25, -0.2) is 4.98 Å². The van der Waals surface area contributed by atoms with Gasteiger partial charge >= 0.3 is 0 Å². The Labute approximate surface area is 90.9 Å². The van der Waals surface area contributed by atoms with E-state index in [0.29, 0.717) is 21.7 Å². The second-order valence-electron chi connectivity index (χ2n) is 3.11. The standard InChI is InChI=1S/C10H9ClN2O2/c1-15-5-9-12-8-3-2-6(11)4-7(8)10(14)13-9/h2-4H,5H2,1H3,(H,12,13,14). The highest BCUT2D eigenvalue weighted by molar-refractivity contribution is 6.31. The van der Waals surface area contributed by atoms with Gasteiger partial charge in [-0.05, 0) is 18.2 Å². The molecule has 0 aliphatic rings. The SMILES string of the molecule is COCc1nc2ccc(Cl)cc2c(=O)[nH]1. The van der Waals surface area contributed by atoms with Crippen molar-refractivity contribution in [3.8, 4) is 0 Å². The van der Waals surface area contributed by atoms with E-state index >= 15 is 0 Å². The van der Waals surface area contributed by atoms with Crippen LogP contribution >= 0.6 is 11.6 Å². The van der Waals surface area contributed by atoms with Crippen molar-refractivity contribution in [3.63, 3.8) is 0 Å². The van der Waals surface area contributed by atoms with Crippen LogP contribution in [-0.4, -0.2) is 17.1 Å². The van der Waals surface area contributed by atoms with E-state index in [-0.39, 0.29) is 12.2 Å². The molecule has 0 aliphatic carbocycles. The quantitative estimate of drug-likeness (QED) is 0.845. The second-order valence-corrected chi connectivity index (χ2v) is 3.54. The molecule has 78 valence electrons. The van der Waals surface area contributed by atoms with Gasteiger partial charge in [0.1, 0.15) is 12.4 Å². The van der Waals surface area contributed by atoms with Gasteiger partial charge in [-0.1, -0.05) is 11.6 Å². The minimum Gasteiger partial charge on any atom is -0.377 e. The van der Waals surface area contributed by atoms with Gasteiger partial charge < -0.3 is 9.72 Å². The highest BCUT2D eigenvalue weighted by Crippen LogP contribution is 2.14. The van der Waals surface area contributed by atoms with E-state index in [4.69, 9.17) is 16.3 Å². The van der Waals surface area contributed by atoms with Crippen LogP contribution in [0.25, 0.3) is 10.9 Å². The van der Waals surface area contributed by atoms with Gasteiger partial charge in [0.15, 0.2) is 0 Å². The summed E-state index contributed by atoms with van der Waals surface area (Å²) < 4.78 is 4.90. The van der Waals surface area contributed by atoms with E-state index in [2.05, 4.69) is 9.97 Å². The Bertz CT molecular complexity index is 551. The second kappa shape index (κ2) is 4.00. The molecule has 1 heterocycles. The minimum absolute atomic E-state index is 0.199. The summed E-state index contributed by atoms with van der Waals surface area (Å²) in [6, 6.07) is 5.01. The van der Waals surface area contributed by atoms with Crippen LogP contribution < -0.4 is 5.56 Å². The van der Waals surface area contributed by atoms with Crippen LogP contribution in [0.4, 0.5) is 0 Å². The number of nitrogens with one attached hydrogen (secondary N) is 1. The molecule has 2 rings (SSSR count). The number of H-pyrrole nitrogens is 1. The van der Waals surface area contributed by atoms with Crippen molar-refractivity contribution in [1.29, 1.82) is 0 Å². The molecule has 0 saturated heterocycles. The number of hydrogen-bond acceptors (Lipinski definition) is 3. The van der Waals surface area contributed by atoms with E-state index in [1.54, 1.807) is 25.3 Å². The summed E-state index contributed by atoms with van der Waals surface area (Å²) in [6.07, 6.45) is 0. The maximum absolute atomic E-state index is 11.6. The molecule has 0 amide bonds. The Morgan fingerprint density at radius 2 is 2.33 bits per heavy atom. The van der Waals surface area contributed by atoms with Crippen LogP contribution in [0.5, 0.6) is 0 Å². The first-order chi connectivity index (χ1) is 7.20. The molecule has 2 aromatic rings. The van der Waals surface area contributed by atoms with Crippen molar-refractivity contribution in [3.05, 3.63) is 39.4 Å². The van der Waals surface area contributed by atoms with Crippen LogP contribution in [-0.2, 0) is 11.3 Å². The first kappa shape index (κ1) is 10.1. The molecule has 5 heteroatoms. The van der Waals surface area contributed by atoms with Crippen LogP contribution in [0.15, 0.2) is 23.0 Å². The monoisotopic (exact) mass is 224 g/mol. The summed E-state index contributed by atoms with van der Waals surface area (Å²) in [5.74, 6) is 0.511. The summed E-state index contributed by atoms with van der Waals surface area (Å²) >= 11 is 5.79. The van der Waals surface area contributed by atoms with Crippen molar-refractivity contribution in [2.75, 3.05) is 7.11 Å². The topological polar surface area (TPSA) is 55.0 Å². The molecule has 4 nitrogen and oxygen atoms in total. The number of rotatable bonds is 2. The molecule has 0 fully saturated rings. The van der Waals surface area contributed by atoms with E-state index < -0.39 is 0 Å². The van der Waals surface area contributed by atoms with Crippen LogP contribution in [0.1, 0.15) is 5.82 Å². The first-order valence-electron chi connectivity index (χ1n) is 4.38. The highest BCUT2D eigenvalue weighted by Gasteiger charge is 2.03. The maximum atomic E-state index is 11.6. The molecule has 1 aromatic carbocycles. The molecule has 0 spiro atoms. The third-order valence-corrected chi connectivity index (χ3v) is 2.23. The number of fused-ring (bicyclic) bond motifs is 1. The van der Waals surface area contributed by atoms with Gasteiger partial charge in [0.05, 0.1) is 10.9 Å². The highest BCUT2D eigenvalue weighted by atomic mass is 35.5. The molecular weight excluding hydrogens is 216 g/mol. The number of halogens is 1. The van der Waals surface area contributed by atoms with Crippen LogP contribution in [0.2, 0.25) is 5.02 Å². The van der Waals surface area contributed by atoms with Gasteiger partial charge in [-0.2, -0.15) is 0 Å². The molecule has 0 saturated carbocycles. The average molecular weight is 225 g/mol. The third kappa shape index (κ3) is 2.00. The molecule has 0 atom stereocenters. The fraction of sp³-hybridized carbons (Fsp3) is 0.200. The lowest BCUT2D eigenvalue weighted by Gasteiger charge is -2.01. The predicted molar refractivity (Wildman–Crippen MR) is 58.1 cm³/mol. The zero-order valence-corrected chi connectivity index (χ0v) is 8.84. The Morgan fingerprint density at radius 3 is 3.07 bits per heavy atom. The van der Waals surface area contributed by atoms with Crippen LogP contribution in [0.3, 0.4) is 0 Å². The fourth-order valence-electron chi connectivity index (χ4n) is 1.36. The van der Waals surface area contributed by atoms with Crippen molar-refractivity contribution < 1.29 is 4.74 Å². The first-order valence-corrected chi connectivity index (χ1v) is 4.76. The third-order valence-electron chi connectivity index (χ3n) is 2.00. The molecule has 1 aromatic heterocycles. The Hall–Kier alpha value is -1.39. The number of hydrogen-bond donors (Lipinski definition) is 1. The summed E-state index contributed by atoms with van der Waals surface area (Å²) in [5.41, 5.74) is 0.421. The van der Waals surface area contributed by atoms with Gasteiger partial charge in [-0.3, -0.25) is 4.79 Å². The summed E-state index contributed by atoms with van der Waals surface area (Å²) in [4.78, 5) is 18.5. The van der Waals surface area contributed by atoms with Gasteiger partial charge in [0.2, 0.25) is 0 Å². The lowest BCUT2D eigenvalue weighted by atomic mass is 10.2. The van der Waals surface area contributed by atoms with E-state index in [1.807, 2.05) is 0 Å². The smallest absolute Gasteiger partial charge is 0.258 e. The maximum Gasteiger partial charge on any atom is 0.258 e. The molecule has 0 aliphatic heterocycles. The van der Waals surface area contributed by atoms with Crippen molar-refractivity contribution in [2.45, 2.75) is 6.61 Å². The van der Waals surface area contributed by atoms with Gasteiger partial charge in [0, 0.05) is 12.1 Å². The number of benzene rings is 1. The largest absolute Gasteiger partial charge is 0.377 e. The van der Waals surface area contributed by atoms with E-state index in [1.165, 1.54) is 0 Å². The summed E-state index contributed by atoms with van der Waals surface area (Å²) in [7, 11) is 1.55. The fourth-order valence-corrected chi connectivity index (χ4v) is 1.54. The summed E-state index contributed by atoms with van der Waals surface area (Å²) in [6.45, 7) is 0.286.